The van der Waals surface area contributed by atoms with Crippen LogP contribution in [0.4, 0.5) is 5.69 Å². The molecule has 0 spiro atoms. The Morgan fingerprint density at radius 1 is 1.14 bits per heavy atom. The van der Waals surface area contributed by atoms with Crippen LogP contribution in [-0.4, -0.2) is 26.3 Å². The van der Waals surface area contributed by atoms with Gasteiger partial charge >= 0.3 is 0 Å². The van der Waals surface area contributed by atoms with Gasteiger partial charge < -0.3 is 9.72 Å². The van der Waals surface area contributed by atoms with Crippen LogP contribution in [0.5, 0.6) is 5.75 Å². The Bertz CT molecular complexity index is 1240. The Labute approximate surface area is 170 Å². The molecule has 1 aliphatic rings. The predicted molar refractivity (Wildman–Crippen MR) is 113 cm³/mol. The minimum atomic E-state index is -3.84. The van der Waals surface area contributed by atoms with E-state index in [2.05, 4.69) is 23.6 Å². The summed E-state index contributed by atoms with van der Waals surface area (Å²) in [6.07, 6.45) is 1.24. The Morgan fingerprint density at radius 2 is 1.86 bits per heavy atom. The first-order valence-corrected chi connectivity index (χ1v) is 10.9. The molecular formula is C22H24N2O4S. The summed E-state index contributed by atoms with van der Waals surface area (Å²) in [4.78, 5) is 16.2. The maximum Gasteiger partial charge on any atom is 0.262 e. The second kappa shape index (κ2) is 6.62. The van der Waals surface area contributed by atoms with Crippen molar-refractivity contribution in [2.75, 3.05) is 11.8 Å². The summed E-state index contributed by atoms with van der Waals surface area (Å²) in [7, 11) is -2.35. The van der Waals surface area contributed by atoms with E-state index in [1.165, 1.54) is 7.11 Å². The number of carbonyl (C=O) groups is 1. The third kappa shape index (κ3) is 3.40. The van der Waals surface area contributed by atoms with Gasteiger partial charge in [-0.2, -0.15) is 0 Å². The normalized spacial score (nSPS) is 15.9. The average molecular weight is 413 g/mol. The number of hydrogen-bond donors (Lipinski definition) is 2. The van der Waals surface area contributed by atoms with Crippen molar-refractivity contribution in [3.8, 4) is 5.75 Å². The molecule has 4 rings (SSSR count). The first kappa shape index (κ1) is 19.5. The molecule has 29 heavy (non-hydrogen) atoms. The van der Waals surface area contributed by atoms with Gasteiger partial charge in [-0.25, -0.2) is 8.42 Å². The summed E-state index contributed by atoms with van der Waals surface area (Å²) in [5, 5.41) is 0.786. The van der Waals surface area contributed by atoms with Gasteiger partial charge in [0.1, 0.15) is 5.75 Å². The van der Waals surface area contributed by atoms with Crippen LogP contribution in [0.3, 0.4) is 0 Å². The number of ketones is 1. The summed E-state index contributed by atoms with van der Waals surface area (Å²) in [5.74, 6) is 0.544. The molecule has 1 aromatic heterocycles. The van der Waals surface area contributed by atoms with Crippen molar-refractivity contribution in [1.82, 2.24) is 4.98 Å². The number of aryl methyl sites for hydroxylation is 1. The van der Waals surface area contributed by atoms with Crippen LogP contribution in [0.1, 0.15) is 41.9 Å². The van der Waals surface area contributed by atoms with Gasteiger partial charge in [-0.3, -0.25) is 9.52 Å². The Kier molecular flexibility index (Phi) is 4.46. The number of Topliss-reactive ketones (excluding diaryl/α,β-unsaturated/α-hetero) is 1. The second-order valence-electron chi connectivity index (χ2n) is 8.39. The summed E-state index contributed by atoms with van der Waals surface area (Å²) >= 11 is 0. The Balaban J connectivity index is 1.81. The van der Waals surface area contributed by atoms with Crippen LogP contribution in [0.15, 0.2) is 41.3 Å². The minimum absolute atomic E-state index is 0.102. The lowest BCUT2D eigenvalue weighted by Crippen LogP contribution is -2.26. The van der Waals surface area contributed by atoms with E-state index in [4.69, 9.17) is 4.74 Å². The highest BCUT2D eigenvalue weighted by Gasteiger charge is 2.34. The van der Waals surface area contributed by atoms with E-state index in [1.54, 1.807) is 43.3 Å². The number of methoxy groups -OCH3 is 1. The number of anilines is 1. The van der Waals surface area contributed by atoms with Gasteiger partial charge in [0.25, 0.3) is 10.0 Å². The van der Waals surface area contributed by atoms with E-state index in [1.807, 2.05) is 0 Å². The average Bonchev–Trinajstić information content (AvgIpc) is 2.97. The molecular weight excluding hydrogens is 388 g/mol. The first-order chi connectivity index (χ1) is 13.6. The molecule has 0 radical (unpaired) electrons. The number of para-hydroxylation sites is 2. The number of nitrogens with one attached hydrogen (secondary N) is 2. The number of ether oxygens (including phenoxy) is 1. The predicted octanol–water partition coefficient (Wildman–Crippen LogP) is 4.44. The molecule has 0 bridgehead atoms. The lowest BCUT2D eigenvalue weighted by molar-refractivity contribution is 0.0913. The van der Waals surface area contributed by atoms with E-state index < -0.39 is 10.0 Å². The molecule has 0 atom stereocenters. The van der Waals surface area contributed by atoms with Crippen molar-refractivity contribution in [2.45, 2.75) is 38.5 Å². The summed E-state index contributed by atoms with van der Waals surface area (Å²) in [6.45, 7) is 5.88. The van der Waals surface area contributed by atoms with Crippen LogP contribution in [0.2, 0.25) is 0 Å². The largest absolute Gasteiger partial charge is 0.495 e. The van der Waals surface area contributed by atoms with E-state index in [-0.39, 0.29) is 16.1 Å². The zero-order valence-corrected chi connectivity index (χ0v) is 17.7. The highest BCUT2D eigenvalue weighted by molar-refractivity contribution is 7.92. The minimum Gasteiger partial charge on any atom is -0.495 e. The van der Waals surface area contributed by atoms with Gasteiger partial charge in [-0.1, -0.05) is 26.0 Å². The van der Waals surface area contributed by atoms with Crippen molar-refractivity contribution in [1.29, 1.82) is 0 Å². The van der Waals surface area contributed by atoms with Crippen LogP contribution in [-0.2, 0) is 16.4 Å². The monoisotopic (exact) mass is 412 g/mol. The fourth-order valence-corrected chi connectivity index (χ4v) is 5.44. The van der Waals surface area contributed by atoms with Crippen molar-refractivity contribution >= 4 is 32.4 Å². The van der Waals surface area contributed by atoms with Gasteiger partial charge in [-0.05, 0) is 48.6 Å². The maximum absolute atomic E-state index is 13.1. The van der Waals surface area contributed by atoms with Crippen molar-refractivity contribution in [3.05, 3.63) is 53.2 Å². The van der Waals surface area contributed by atoms with E-state index in [0.717, 1.165) is 17.5 Å². The Hall–Kier alpha value is -2.80. The number of rotatable bonds is 4. The molecule has 0 aliphatic heterocycles. The summed E-state index contributed by atoms with van der Waals surface area (Å²) < 4.78 is 34.0. The maximum atomic E-state index is 13.1. The molecule has 6 nitrogen and oxygen atoms in total. The molecule has 1 aliphatic carbocycles. The quantitative estimate of drug-likeness (QED) is 0.663. The number of sulfonamides is 1. The van der Waals surface area contributed by atoms with Crippen LogP contribution >= 0.6 is 0 Å². The van der Waals surface area contributed by atoms with Crippen molar-refractivity contribution in [2.24, 2.45) is 5.41 Å². The number of H-pyrrole nitrogens is 1. The summed E-state index contributed by atoms with van der Waals surface area (Å²) in [6, 6.07) is 10.3. The van der Waals surface area contributed by atoms with Crippen molar-refractivity contribution in [3.63, 3.8) is 0 Å². The zero-order chi connectivity index (χ0) is 21.0. The number of fused-ring (bicyclic) bond motifs is 3. The van der Waals surface area contributed by atoms with E-state index in [0.29, 0.717) is 34.5 Å². The van der Waals surface area contributed by atoms with Gasteiger partial charge in [0.15, 0.2) is 5.78 Å². The number of carbonyl (C=O) groups excluding carboxylic acids is 1. The number of benzene rings is 2. The molecule has 3 aromatic rings. The second-order valence-corrected chi connectivity index (χ2v) is 10.0. The highest BCUT2D eigenvalue weighted by atomic mass is 32.2. The fraction of sp³-hybridized carbons (Fsp3) is 0.318. The number of hydrogen-bond acceptors (Lipinski definition) is 4. The zero-order valence-electron chi connectivity index (χ0n) is 16.9. The SMILES string of the molecule is COc1ccccc1NS(=O)(=O)c1cc2[nH]c3c(c2cc1C)C(=O)CC(C)(C)C3. The number of aromatic nitrogens is 1. The van der Waals surface area contributed by atoms with Crippen LogP contribution < -0.4 is 9.46 Å². The van der Waals surface area contributed by atoms with Crippen molar-refractivity contribution < 1.29 is 17.9 Å². The molecule has 152 valence electrons. The topological polar surface area (TPSA) is 88.3 Å². The van der Waals surface area contributed by atoms with E-state index in [9.17, 15) is 13.2 Å². The highest BCUT2D eigenvalue weighted by Crippen LogP contribution is 2.39. The third-order valence-corrected chi connectivity index (χ3v) is 6.89. The molecule has 1 heterocycles. The molecule has 0 saturated carbocycles. The van der Waals surface area contributed by atoms with E-state index >= 15 is 0 Å². The van der Waals surface area contributed by atoms with Crippen LogP contribution in [0, 0.1) is 12.3 Å². The van der Waals surface area contributed by atoms with Gasteiger partial charge in [-0.15, -0.1) is 0 Å². The first-order valence-electron chi connectivity index (χ1n) is 9.45. The molecule has 7 heteroatoms. The molecule has 0 fully saturated rings. The Morgan fingerprint density at radius 3 is 2.59 bits per heavy atom. The van der Waals surface area contributed by atoms with Crippen LogP contribution in [0.25, 0.3) is 10.9 Å². The fourth-order valence-electron chi connectivity index (χ4n) is 4.12. The number of aromatic amines is 1. The standard InChI is InChI=1S/C22H24N2O4S/c1-13-9-14-16(23-17-11-22(2,3)12-18(25)21(14)17)10-20(13)29(26,27)24-15-7-5-6-8-19(15)28-4/h5-10,23-24H,11-12H2,1-4H3. The lowest BCUT2D eigenvalue weighted by atomic mass is 9.76. The molecule has 0 saturated heterocycles. The lowest BCUT2D eigenvalue weighted by Gasteiger charge is -2.28. The molecule has 2 N–H and O–H groups in total. The van der Waals surface area contributed by atoms with Gasteiger partial charge in [0.2, 0.25) is 0 Å². The molecule has 0 unspecified atom stereocenters. The summed E-state index contributed by atoms with van der Waals surface area (Å²) in [5.41, 5.74) is 3.08. The van der Waals surface area contributed by atoms with Gasteiger partial charge in [0, 0.05) is 28.6 Å². The van der Waals surface area contributed by atoms with Gasteiger partial charge in [0.05, 0.1) is 17.7 Å². The third-order valence-electron chi connectivity index (χ3n) is 5.39. The molecule has 0 amide bonds. The molecule has 2 aromatic carbocycles. The smallest absolute Gasteiger partial charge is 0.262 e.